The second-order valence-corrected chi connectivity index (χ2v) is 4.82. The second kappa shape index (κ2) is 4.81. The van der Waals surface area contributed by atoms with Gasteiger partial charge in [-0.1, -0.05) is 24.8 Å². The van der Waals surface area contributed by atoms with Gasteiger partial charge in [-0.3, -0.25) is 5.32 Å². The standard InChI is InChI=1S/C10H12NO2S/c1-2-14(12,13)9-8-11-10-6-4-3-5-7-10/h2-7H,1,8-9H2. The van der Waals surface area contributed by atoms with Crippen molar-refractivity contribution >= 4 is 15.5 Å². The molecule has 0 amide bonds. The maximum absolute atomic E-state index is 11.0. The Morgan fingerprint density at radius 3 is 2.50 bits per heavy atom. The molecule has 0 atom stereocenters. The van der Waals surface area contributed by atoms with Gasteiger partial charge >= 0.3 is 0 Å². The van der Waals surface area contributed by atoms with Gasteiger partial charge in [-0.15, -0.1) is 0 Å². The van der Waals surface area contributed by atoms with E-state index in [0.717, 1.165) is 11.1 Å². The number of para-hydroxylation sites is 1. The lowest BCUT2D eigenvalue weighted by molar-refractivity contribution is 0.603. The van der Waals surface area contributed by atoms with Crippen LogP contribution in [-0.2, 0) is 9.84 Å². The van der Waals surface area contributed by atoms with Gasteiger partial charge in [0.05, 0.1) is 18.0 Å². The van der Waals surface area contributed by atoms with Crippen LogP contribution in [-0.4, -0.2) is 20.7 Å². The summed E-state index contributed by atoms with van der Waals surface area (Å²) in [5.74, 6) is 0.0192. The van der Waals surface area contributed by atoms with E-state index < -0.39 is 9.84 Å². The normalized spacial score (nSPS) is 10.9. The smallest absolute Gasteiger partial charge is 0.172 e. The van der Waals surface area contributed by atoms with Crippen molar-refractivity contribution in [3.8, 4) is 0 Å². The molecule has 1 aromatic carbocycles. The summed E-state index contributed by atoms with van der Waals surface area (Å²) in [5.41, 5.74) is 0.798. The Morgan fingerprint density at radius 1 is 1.29 bits per heavy atom. The third-order valence-corrected chi connectivity index (χ3v) is 2.94. The van der Waals surface area contributed by atoms with Crippen LogP contribution in [0.5, 0.6) is 0 Å². The summed E-state index contributed by atoms with van der Waals surface area (Å²) in [6.07, 6.45) is 0. The van der Waals surface area contributed by atoms with E-state index in [9.17, 15) is 8.42 Å². The van der Waals surface area contributed by atoms with E-state index in [0.29, 0.717) is 0 Å². The Morgan fingerprint density at radius 2 is 1.93 bits per heavy atom. The van der Waals surface area contributed by atoms with Gasteiger partial charge in [-0.05, 0) is 12.1 Å². The van der Waals surface area contributed by atoms with Crippen molar-refractivity contribution in [2.75, 3.05) is 12.3 Å². The zero-order valence-electron chi connectivity index (χ0n) is 7.76. The molecule has 0 heterocycles. The maximum atomic E-state index is 11.0. The monoisotopic (exact) mass is 210 g/mol. The average molecular weight is 210 g/mol. The van der Waals surface area contributed by atoms with Gasteiger partial charge in [0, 0.05) is 5.41 Å². The zero-order valence-corrected chi connectivity index (χ0v) is 8.57. The second-order valence-electron chi connectivity index (χ2n) is 2.75. The van der Waals surface area contributed by atoms with Gasteiger partial charge < -0.3 is 0 Å². The van der Waals surface area contributed by atoms with Crippen molar-refractivity contribution in [1.29, 1.82) is 0 Å². The van der Waals surface area contributed by atoms with Crippen molar-refractivity contribution in [2.24, 2.45) is 0 Å². The molecule has 14 heavy (non-hydrogen) atoms. The first-order valence-corrected chi connectivity index (χ1v) is 5.93. The molecule has 0 aromatic heterocycles. The van der Waals surface area contributed by atoms with Crippen LogP contribution in [0.25, 0.3) is 0 Å². The first kappa shape index (κ1) is 10.8. The van der Waals surface area contributed by atoms with Crippen molar-refractivity contribution in [1.82, 2.24) is 5.32 Å². The Balaban J connectivity index is 2.40. The molecule has 1 aromatic rings. The summed E-state index contributed by atoms with van der Waals surface area (Å²) in [5, 5.41) is 5.08. The fourth-order valence-corrected chi connectivity index (χ4v) is 1.43. The van der Waals surface area contributed by atoms with Gasteiger partial charge in [0.25, 0.3) is 0 Å². The number of nitrogens with zero attached hydrogens (tertiary/aromatic N) is 1. The van der Waals surface area contributed by atoms with Gasteiger partial charge in [0.15, 0.2) is 9.84 Å². The van der Waals surface area contributed by atoms with Crippen LogP contribution >= 0.6 is 0 Å². The number of benzene rings is 1. The molecule has 0 fully saturated rings. The van der Waals surface area contributed by atoms with Crippen LogP contribution in [0, 0.1) is 0 Å². The van der Waals surface area contributed by atoms with E-state index in [4.69, 9.17) is 0 Å². The summed E-state index contributed by atoms with van der Waals surface area (Å²) >= 11 is 0. The molecule has 0 unspecified atom stereocenters. The minimum atomic E-state index is -3.12. The van der Waals surface area contributed by atoms with Crippen LogP contribution in [0.4, 0.5) is 5.69 Å². The topological polar surface area (TPSA) is 48.2 Å². The molecular formula is C10H12NO2S. The van der Waals surface area contributed by atoms with E-state index in [1.165, 1.54) is 0 Å². The highest BCUT2D eigenvalue weighted by molar-refractivity contribution is 7.94. The summed E-state index contributed by atoms with van der Waals surface area (Å²) in [6.45, 7) is 3.50. The van der Waals surface area contributed by atoms with Gasteiger partial charge in [0.1, 0.15) is 0 Å². The largest absolute Gasteiger partial charge is 0.284 e. The fourth-order valence-electron chi connectivity index (χ4n) is 0.919. The number of rotatable bonds is 5. The molecular weight excluding hydrogens is 198 g/mol. The first-order chi connectivity index (χ1) is 6.64. The Labute approximate surface area is 84.4 Å². The molecule has 0 saturated heterocycles. The van der Waals surface area contributed by atoms with Crippen molar-refractivity contribution in [3.05, 3.63) is 42.3 Å². The summed E-state index contributed by atoms with van der Waals surface area (Å²) < 4.78 is 22.0. The number of sulfone groups is 1. The molecule has 0 bridgehead atoms. The Bertz CT molecular complexity index is 384. The SMILES string of the molecule is C=CS(=O)(=O)CC[N]c1ccccc1. The first-order valence-electron chi connectivity index (χ1n) is 4.22. The lowest BCUT2D eigenvalue weighted by Crippen LogP contribution is -2.12. The highest BCUT2D eigenvalue weighted by Gasteiger charge is 2.04. The highest BCUT2D eigenvalue weighted by Crippen LogP contribution is 2.04. The average Bonchev–Trinajstić information content (AvgIpc) is 2.19. The molecule has 0 aliphatic carbocycles. The molecule has 75 valence electrons. The van der Waals surface area contributed by atoms with Crippen molar-refractivity contribution in [2.45, 2.75) is 0 Å². The van der Waals surface area contributed by atoms with Crippen LogP contribution in [0.1, 0.15) is 0 Å². The highest BCUT2D eigenvalue weighted by atomic mass is 32.2. The third-order valence-electron chi connectivity index (χ3n) is 1.68. The molecule has 0 saturated carbocycles. The van der Waals surface area contributed by atoms with Crippen molar-refractivity contribution in [3.63, 3.8) is 0 Å². The summed E-state index contributed by atoms with van der Waals surface area (Å²) in [6, 6.07) is 9.28. The van der Waals surface area contributed by atoms with E-state index >= 15 is 0 Å². The van der Waals surface area contributed by atoms with Gasteiger partial charge in [-0.25, -0.2) is 8.42 Å². The minimum absolute atomic E-state index is 0.0192. The molecule has 1 radical (unpaired) electrons. The summed E-state index contributed by atoms with van der Waals surface area (Å²) in [4.78, 5) is 0. The molecule has 0 spiro atoms. The van der Waals surface area contributed by atoms with Crippen LogP contribution < -0.4 is 5.32 Å². The molecule has 0 N–H and O–H groups in total. The molecule has 4 heteroatoms. The lowest BCUT2D eigenvalue weighted by atomic mass is 10.3. The molecule has 3 nitrogen and oxygen atoms in total. The van der Waals surface area contributed by atoms with E-state index in [2.05, 4.69) is 11.9 Å². The molecule has 1 rings (SSSR count). The van der Waals surface area contributed by atoms with Crippen LogP contribution in [0.2, 0.25) is 0 Å². The van der Waals surface area contributed by atoms with Crippen LogP contribution in [0.15, 0.2) is 42.3 Å². The Hall–Kier alpha value is -1.29. The summed E-state index contributed by atoms with van der Waals surface area (Å²) in [7, 11) is -3.12. The molecule has 0 aliphatic heterocycles. The lowest BCUT2D eigenvalue weighted by Gasteiger charge is -2.01. The van der Waals surface area contributed by atoms with Gasteiger partial charge in [0.2, 0.25) is 0 Å². The Kier molecular flexibility index (Phi) is 3.71. The third kappa shape index (κ3) is 3.62. The van der Waals surface area contributed by atoms with E-state index in [1.807, 2.05) is 30.3 Å². The maximum Gasteiger partial charge on any atom is 0.172 e. The number of hydrogen-bond acceptors (Lipinski definition) is 2. The predicted molar refractivity (Wildman–Crippen MR) is 57.1 cm³/mol. The quantitative estimate of drug-likeness (QED) is 0.739. The minimum Gasteiger partial charge on any atom is -0.284 e. The molecule has 0 aliphatic rings. The number of hydrogen-bond donors (Lipinski definition) is 0. The van der Waals surface area contributed by atoms with Crippen molar-refractivity contribution < 1.29 is 8.42 Å². The zero-order chi connectivity index (χ0) is 10.4. The fraction of sp³-hybridized carbons (Fsp3) is 0.200. The van der Waals surface area contributed by atoms with E-state index in [-0.39, 0.29) is 12.3 Å². The van der Waals surface area contributed by atoms with E-state index in [1.54, 1.807) is 0 Å². The van der Waals surface area contributed by atoms with Crippen LogP contribution in [0.3, 0.4) is 0 Å². The predicted octanol–water partition coefficient (Wildman–Crippen LogP) is 1.48. The van der Waals surface area contributed by atoms with Gasteiger partial charge in [-0.2, -0.15) is 0 Å².